The largest absolute Gasteiger partial charge is 0.481 e. The zero-order valence-corrected chi connectivity index (χ0v) is 12.5. The van der Waals surface area contributed by atoms with Crippen molar-refractivity contribution in [2.45, 2.75) is 46.0 Å². The Labute approximate surface area is 120 Å². The van der Waals surface area contributed by atoms with Crippen LogP contribution in [0.5, 0.6) is 0 Å². The number of fused-ring (bicyclic) bond motifs is 1. The molecule has 0 aliphatic heterocycles. The van der Waals surface area contributed by atoms with Gasteiger partial charge in [0, 0.05) is 11.3 Å². The van der Waals surface area contributed by atoms with Crippen molar-refractivity contribution in [1.82, 2.24) is 9.97 Å². The number of carboxylic acids is 1. The van der Waals surface area contributed by atoms with Crippen molar-refractivity contribution < 1.29 is 9.90 Å². The molecular formula is C14H18N2O3S. The van der Waals surface area contributed by atoms with Crippen molar-refractivity contribution in [3.8, 4) is 0 Å². The van der Waals surface area contributed by atoms with Crippen LogP contribution in [0.25, 0.3) is 10.2 Å². The Morgan fingerprint density at radius 2 is 2.10 bits per heavy atom. The summed E-state index contributed by atoms with van der Waals surface area (Å²) in [6.45, 7) is 4.16. The Morgan fingerprint density at radius 1 is 1.35 bits per heavy atom. The van der Waals surface area contributed by atoms with E-state index in [9.17, 15) is 9.59 Å². The van der Waals surface area contributed by atoms with E-state index < -0.39 is 5.97 Å². The highest BCUT2D eigenvalue weighted by Gasteiger charge is 2.15. The van der Waals surface area contributed by atoms with Crippen LogP contribution < -0.4 is 5.56 Å². The van der Waals surface area contributed by atoms with E-state index >= 15 is 0 Å². The van der Waals surface area contributed by atoms with Gasteiger partial charge in [0.1, 0.15) is 10.7 Å². The molecule has 0 aromatic carbocycles. The lowest BCUT2D eigenvalue weighted by atomic mass is 10.1. The first-order valence-electron chi connectivity index (χ1n) is 6.82. The molecule has 20 heavy (non-hydrogen) atoms. The van der Waals surface area contributed by atoms with Gasteiger partial charge in [0.05, 0.1) is 11.8 Å². The minimum Gasteiger partial charge on any atom is -0.481 e. The summed E-state index contributed by atoms with van der Waals surface area (Å²) in [7, 11) is 0. The number of aliphatic carboxylic acids is 1. The van der Waals surface area contributed by atoms with Crippen LogP contribution in [0, 0.1) is 0 Å². The molecule has 0 unspecified atom stereocenters. The molecular weight excluding hydrogens is 276 g/mol. The molecule has 2 aromatic rings. The van der Waals surface area contributed by atoms with Crippen LogP contribution in [-0.2, 0) is 24.1 Å². The molecule has 0 radical (unpaired) electrons. The van der Waals surface area contributed by atoms with Crippen LogP contribution in [0.3, 0.4) is 0 Å². The minimum atomic E-state index is -0.889. The number of carbonyl (C=O) groups is 1. The van der Waals surface area contributed by atoms with Crippen LogP contribution in [-0.4, -0.2) is 21.0 Å². The number of nitrogens with zero attached hydrogens (tertiary/aromatic N) is 1. The molecule has 6 heteroatoms. The quantitative estimate of drug-likeness (QED) is 0.857. The van der Waals surface area contributed by atoms with Crippen LogP contribution in [0.4, 0.5) is 0 Å². The zero-order valence-electron chi connectivity index (χ0n) is 11.7. The van der Waals surface area contributed by atoms with Crippen LogP contribution in [0.15, 0.2) is 4.79 Å². The fraction of sp³-hybridized carbons (Fsp3) is 0.500. The fourth-order valence-electron chi connectivity index (χ4n) is 2.30. The second-order valence-electron chi connectivity index (χ2n) is 4.69. The third kappa shape index (κ3) is 2.90. The Hall–Kier alpha value is -1.69. The third-order valence-corrected chi connectivity index (χ3v) is 4.46. The Morgan fingerprint density at radius 3 is 2.70 bits per heavy atom. The molecule has 0 aliphatic rings. The monoisotopic (exact) mass is 294 g/mol. The molecule has 2 N–H and O–H groups in total. The van der Waals surface area contributed by atoms with Gasteiger partial charge in [-0.1, -0.05) is 20.3 Å². The number of H-pyrrole nitrogens is 1. The van der Waals surface area contributed by atoms with E-state index in [2.05, 4.69) is 23.8 Å². The molecule has 2 rings (SSSR count). The van der Waals surface area contributed by atoms with Crippen molar-refractivity contribution in [2.24, 2.45) is 0 Å². The average molecular weight is 294 g/mol. The molecule has 0 bridgehead atoms. The van der Waals surface area contributed by atoms with Crippen molar-refractivity contribution in [1.29, 1.82) is 0 Å². The number of aromatic amines is 1. The van der Waals surface area contributed by atoms with E-state index in [0.29, 0.717) is 11.2 Å². The van der Waals surface area contributed by atoms with E-state index in [4.69, 9.17) is 5.11 Å². The van der Waals surface area contributed by atoms with Gasteiger partial charge in [0.15, 0.2) is 0 Å². The molecule has 0 saturated carbocycles. The number of nitrogens with one attached hydrogen (secondary N) is 1. The van der Waals surface area contributed by atoms with Gasteiger partial charge in [-0.2, -0.15) is 0 Å². The van der Waals surface area contributed by atoms with Gasteiger partial charge >= 0.3 is 5.97 Å². The van der Waals surface area contributed by atoms with Crippen molar-refractivity contribution in [3.63, 3.8) is 0 Å². The summed E-state index contributed by atoms with van der Waals surface area (Å²) < 4.78 is 0. The fourth-order valence-corrected chi connectivity index (χ4v) is 3.48. The molecule has 0 atom stereocenters. The van der Waals surface area contributed by atoms with Gasteiger partial charge in [0.2, 0.25) is 0 Å². The van der Waals surface area contributed by atoms with E-state index in [-0.39, 0.29) is 18.4 Å². The molecule has 0 saturated heterocycles. The highest BCUT2D eigenvalue weighted by atomic mass is 32.1. The summed E-state index contributed by atoms with van der Waals surface area (Å²) in [6.07, 6.45) is 2.98. The van der Waals surface area contributed by atoms with Crippen molar-refractivity contribution >= 4 is 27.5 Å². The normalized spacial score (nSPS) is 11.1. The summed E-state index contributed by atoms with van der Waals surface area (Å²) in [5, 5.41) is 9.38. The number of aryl methyl sites for hydroxylation is 3. The van der Waals surface area contributed by atoms with E-state index in [1.165, 1.54) is 4.88 Å². The predicted octanol–water partition coefficient (Wildman–Crippen LogP) is 2.52. The first kappa shape index (κ1) is 14.7. The molecule has 0 amide bonds. The SMILES string of the molecule is CCCc1c(CC)sc2nc(CCC(=O)O)[nH]c(=O)c12. The van der Waals surface area contributed by atoms with E-state index in [1.807, 2.05) is 0 Å². The topological polar surface area (TPSA) is 83.0 Å². The summed E-state index contributed by atoms with van der Waals surface area (Å²) in [4.78, 5) is 31.9. The third-order valence-electron chi connectivity index (χ3n) is 3.19. The molecule has 108 valence electrons. The Balaban J connectivity index is 2.50. The maximum atomic E-state index is 12.2. The lowest BCUT2D eigenvalue weighted by molar-refractivity contribution is -0.137. The van der Waals surface area contributed by atoms with Gasteiger partial charge in [0.25, 0.3) is 5.56 Å². The predicted molar refractivity (Wildman–Crippen MR) is 79.6 cm³/mol. The van der Waals surface area contributed by atoms with E-state index in [0.717, 1.165) is 29.7 Å². The maximum absolute atomic E-state index is 12.2. The first-order chi connectivity index (χ1) is 9.56. The number of hydrogen-bond donors (Lipinski definition) is 2. The van der Waals surface area contributed by atoms with Gasteiger partial charge in [-0.3, -0.25) is 9.59 Å². The molecule has 0 spiro atoms. The summed E-state index contributed by atoms with van der Waals surface area (Å²) in [6, 6.07) is 0. The molecule has 5 nitrogen and oxygen atoms in total. The Bertz CT molecular complexity index is 688. The number of carboxylic acid groups (broad SMARTS) is 1. The summed E-state index contributed by atoms with van der Waals surface area (Å²) in [5.41, 5.74) is 0.961. The minimum absolute atomic E-state index is 0.0255. The summed E-state index contributed by atoms with van der Waals surface area (Å²) in [5.74, 6) is -0.434. The number of aromatic nitrogens is 2. The molecule has 0 fully saturated rings. The molecule has 0 aliphatic carbocycles. The second-order valence-corrected chi connectivity index (χ2v) is 5.78. The van der Waals surface area contributed by atoms with Crippen LogP contribution >= 0.6 is 11.3 Å². The van der Waals surface area contributed by atoms with Crippen LogP contribution in [0.2, 0.25) is 0 Å². The zero-order chi connectivity index (χ0) is 14.7. The second kappa shape index (κ2) is 6.17. The smallest absolute Gasteiger partial charge is 0.303 e. The lowest BCUT2D eigenvalue weighted by Gasteiger charge is -2.01. The van der Waals surface area contributed by atoms with Crippen LogP contribution in [0.1, 0.15) is 43.0 Å². The van der Waals surface area contributed by atoms with Crippen molar-refractivity contribution in [3.05, 3.63) is 26.6 Å². The lowest BCUT2D eigenvalue weighted by Crippen LogP contribution is -2.13. The molecule has 2 aromatic heterocycles. The van der Waals surface area contributed by atoms with Gasteiger partial charge in [-0.05, 0) is 18.4 Å². The summed E-state index contributed by atoms with van der Waals surface area (Å²) >= 11 is 1.55. The average Bonchev–Trinajstić information content (AvgIpc) is 2.75. The molecule has 2 heterocycles. The van der Waals surface area contributed by atoms with Gasteiger partial charge in [-0.25, -0.2) is 4.98 Å². The standard InChI is InChI=1S/C14H18N2O3S/c1-3-5-8-9(4-2)20-14-12(8)13(19)15-10(16-14)6-7-11(17)18/h3-7H2,1-2H3,(H,17,18)(H,15,16,19). The Kier molecular flexibility index (Phi) is 4.54. The van der Waals surface area contributed by atoms with Gasteiger partial charge in [-0.15, -0.1) is 11.3 Å². The van der Waals surface area contributed by atoms with Gasteiger partial charge < -0.3 is 10.1 Å². The number of hydrogen-bond acceptors (Lipinski definition) is 4. The van der Waals surface area contributed by atoms with E-state index in [1.54, 1.807) is 11.3 Å². The maximum Gasteiger partial charge on any atom is 0.303 e. The number of thiophene rings is 1. The van der Waals surface area contributed by atoms with Crippen molar-refractivity contribution in [2.75, 3.05) is 0 Å². The highest BCUT2D eigenvalue weighted by molar-refractivity contribution is 7.18. The highest BCUT2D eigenvalue weighted by Crippen LogP contribution is 2.29. The number of rotatable bonds is 6. The first-order valence-corrected chi connectivity index (χ1v) is 7.63.